The summed E-state index contributed by atoms with van der Waals surface area (Å²) in [5.74, 6) is 1.20. The van der Waals surface area contributed by atoms with Gasteiger partial charge in [-0.2, -0.15) is 0 Å². The molecule has 3 rings (SSSR count). The standard InChI is InChI=1S/C16H21NO3/c1-4-11-8-13-14(10(2)15(11)18)12(17-19-3)9-16(20-13)6-5-7-16/h8,18H,4-7,9H2,1-3H3. The van der Waals surface area contributed by atoms with Gasteiger partial charge in [-0.05, 0) is 44.2 Å². The Labute approximate surface area is 119 Å². The van der Waals surface area contributed by atoms with Crippen molar-refractivity contribution in [3.05, 3.63) is 22.8 Å². The number of nitrogens with zero attached hydrogens (tertiary/aromatic N) is 1. The largest absolute Gasteiger partial charge is 0.507 e. The van der Waals surface area contributed by atoms with Crippen LogP contribution in [-0.4, -0.2) is 23.5 Å². The molecular formula is C16H21NO3. The Morgan fingerprint density at radius 3 is 2.75 bits per heavy atom. The first-order valence-corrected chi connectivity index (χ1v) is 7.25. The summed E-state index contributed by atoms with van der Waals surface area (Å²) in [5, 5.41) is 14.5. The first-order valence-electron chi connectivity index (χ1n) is 7.25. The Balaban J connectivity index is 2.16. The van der Waals surface area contributed by atoms with E-state index in [9.17, 15) is 5.11 Å². The maximum absolute atomic E-state index is 10.3. The van der Waals surface area contributed by atoms with Crippen LogP contribution in [0.5, 0.6) is 11.5 Å². The molecule has 1 aromatic carbocycles. The highest BCUT2D eigenvalue weighted by atomic mass is 16.6. The molecule has 1 saturated carbocycles. The van der Waals surface area contributed by atoms with Gasteiger partial charge in [0.25, 0.3) is 0 Å². The molecular weight excluding hydrogens is 254 g/mol. The van der Waals surface area contributed by atoms with Crippen LogP contribution >= 0.6 is 0 Å². The van der Waals surface area contributed by atoms with Gasteiger partial charge in [0.2, 0.25) is 0 Å². The lowest BCUT2D eigenvalue weighted by atomic mass is 9.73. The average molecular weight is 275 g/mol. The van der Waals surface area contributed by atoms with Gasteiger partial charge in [0, 0.05) is 17.5 Å². The third-order valence-electron chi connectivity index (χ3n) is 4.54. The van der Waals surface area contributed by atoms with Gasteiger partial charge in [0.15, 0.2) is 0 Å². The van der Waals surface area contributed by atoms with E-state index in [0.29, 0.717) is 5.75 Å². The molecule has 0 atom stereocenters. The summed E-state index contributed by atoms with van der Waals surface area (Å²) in [6.07, 6.45) is 4.88. The van der Waals surface area contributed by atoms with Crippen molar-refractivity contribution in [2.24, 2.45) is 5.16 Å². The maximum atomic E-state index is 10.3. The summed E-state index contributed by atoms with van der Waals surface area (Å²) >= 11 is 0. The van der Waals surface area contributed by atoms with E-state index >= 15 is 0 Å². The molecule has 0 aromatic heterocycles. The van der Waals surface area contributed by atoms with Crippen LogP contribution < -0.4 is 4.74 Å². The molecule has 2 aliphatic rings. The molecule has 0 unspecified atom stereocenters. The van der Waals surface area contributed by atoms with Crippen molar-refractivity contribution in [2.45, 2.75) is 51.6 Å². The van der Waals surface area contributed by atoms with Gasteiger partial charge in [-0.15, -0.1) is 0 Å². The van der Waals surface area contributed by atoms with E-state index in [2.05, 4.69) is 5.16 Å². The molecule has 1 aliphatic carbocycles. The van der Waals surface area contributed by atoms with Gasteiger partial charge in [-0.1, -0.05) is 12.1 Å². The summed E-state index contributed by atoms with van der Waals surface area (Å²) in [6.45, 7) is 3.95. The lowest BCUT2D eigenvalue weighted by Crippen LogP contribution is -2.48. The highest BCUT2D eigenvalue weighted by Gasteiger charge is 2.45. The van der Waals surface area contributed by atoms with Crippen molar-refractivity contribution in [3.8, 4) is 11.5 Å². The number of aromatic hydroxyl groups is 1. The van der Waals surface area contributed by atoms with Crippen molar-refractivity contribution >= 4 is 5.71 Å². The minimum absolute atomic E-state index is 0.0984. The summed E-state index contributed by atoms with van der Waals surface area (Å²) in [4.78, 5) is 5.00. The van der Waals surface area contributed by atoms with E-state index in [1.54, 1.807) is 7.11 Å². The van der Waals surface area contributed by atoms with Gasteiger partial charge in [0.05, 0.1) is 5.71 Å². The minimum Gasteiger partial charge on any atom is -0.507 e. The fourth-order valence-corrected chi connectivity index (χ4v) is 3.25. The van der Waals surface area contributed by atoms with Crippen LogP contribution in [0.2, 0.25) is 0 Å². The van der Waals surface area contributed by atoms with E-state index < -0.39 is 0 Å². The Kier molecular flexibility index (Phi) is 3.11. The average Bonchev–Trinajstić information content (AvgIpc) is 2.40. The van der Waals surface area contributed by atoms with E-state index in [1.807, 2.05) is 19.9 Å². The van der Waals surface area contributed by atoms with Crippen LogP contribution in [-0.2, 0) is 11.3 Å². The second kappa shape index (κ2) is 4.69. The molecule has 1 spiro atoms. The number of rotatable bonds is 2. The van der Waals surface area contributed by atoms with E-state index in [-0.39, 0.29) is 5.60 Å². The predicted octanol–water partition coefficient (Wildman–Crippen LogP) is 3.32. The molecule has 0 amide bonds. The number of fused-ring (bicyclic) bond motifs is 1. The Morgan fingerprint density at radius 1 is 1.45 bits per heavy atom. The fraction of sp³-hybridized carbons (Fsp3) is 0.562. The zero-order chi connectivity index (χ0) is 14.3. The smallest absolute Gasteiger partial charge is 0.130 e. The Hall–Kier alpha value is -1.71. The Bertz CT molecular complexity index is 574. The summed E-state index contributed by atoms with van der Waals surface area (Å²) in [6, 6.07) is 1.96. The van der Waals surface area contributed by atoms with Gasteiger partial charge in [-0.3, -0.25) is 0 Å². The van der Waals surface area contributed by atoms with Crippen LogP contribution in [0.1, 0.15) is 49.3 Å². The number of aryl methyl sites for hydroxylation is 1. The molecule has 0 radical (unpaired) electrons. The lowest BCUT2D eigenvalue weighted by Gasteiger charge is -2.45. The van der Waals surface area contributed by atoms with Gasteiger partial charge >= 0.3 is 0 Å². The molecule has 20 heavy (non-hydrogen) atoms. The molecule has 1 N–H and O–H groups in total. The number of phenols is 1. The molecule has 1 aromatic rings. The summed E-state index contributed by atoms with van der Waals surface area (Å²) < 4.78 is 6.26. The Morgan fingerprint density at radius 2 is 2.20 bits per heavy atom. The van der Waals surface area contributed by atoms with Crippen molar-refractivity contribution in [1.29, 1.82) is 0 Å². The highest BCUT2D eigenvalue weighted by molar-refractivity contribution is 6.06. The zero-order valence-corrected chi connectivity index (χ0v) is 12.3. The van der Waals surface area contributed by atoms with E-state index in [1.165, 1.54) is 6.42 Å². The first-order chi connectivity index (χ1) is 9.60. The van der Waals surface area contributed by atoms with Crippen LogP contribution in [0.4, 0.5) is 0 Å². The van der Waals surface area contributed by atoms with Crippen molar-refractivity contribution in [2.75, 3.05) is 7.11 Å². The van der Waals surface area contributed by atoms with E-state index in [0.717, 1.165) is 53.8 Å². The van der Waals surface area contributed by atoms with Crippen LogP contribution in [0, 0.1) is 6.92 Å². The van der Waals surface area contributed by atoms with E-state index in [4.69, 9.17) is 9.57 Å². The third kappa shape index (κ3) is 1.86. The molecule has 0 bridgehead atoms. The molecule has 4 heteroatoms. The topological polar surface area (TPSA) is 51.1 Å². The number of ether oxygens (including phenoxy) is 1. The highest BCUT2D eigenvalue weighted by Crippen LogP contribution is 2.47. The number of phenolic OH excluding ortho intramolecular Hbond substituents is 1. The van der Waals surface area contributed by atoms with Crippen LogP contribution in [0.15, 0.2) is 11.2 Å². The minimum atomic E-state index is -0.0984. The number of benzene rings is 1. The monoisotopic (exact) mass is 275 g/mol. The second-order valence-electron chi connectivity index (χ2n) is 5.77. The van der Waals surface area contributed by atoms with Crippen molar-refractivity contribution < 1.29 is 14.7 Å². The molecule has 0 saturated heterocycles. The third-order valence-corrected chi connectivity index (χ3v) is 4.54. The van der Waals surface area contributed by atoms with Crippen LogP contribution in [0.3, 0.4) is 0 Å². The van der Waals surface area contributed by atoms with Crippen molar-refractivity contribution in [3.63, 3.8) is 0 Å². The van der Waals surface area contributed by atoms with Gasteiger partial charge in [0.1, 0.15) is 24.2 Å². The number of oxime groups is 1. The van der Waals surface area contributed by atoms with Gasteiger partial charge < -0.3 is 14.7 Å². The lowest BCUT2D eigenvalue weighted by molar-refractivity contribution is -0.00591. The summed E-state index contributed by atoms with van der Waals surface area (Å²) in [7, 11) is 1.56. The number of hydrogen-bond donors (Lipinski definition) is 1. The number of hydrogen-bond acceptors (Lipinski definition) is 4. The fourth-order valence-electron chi connectivity index (χ4n) is 3.25. The molecule has 1 aliphatic heterocycles. The quantitative estimate of drug-likeness (QED) is 0.842. The zero-order valence-electron chi connectivity index (χ0n) is 12.3. The first kappa shape index (κ1) is 13.3. The molecule has 1 fully saturated rings. The molecule has 4 nitrogen and oxygen atoms in total. The van der Waals surface area contributed by atoms with Gasteiger partial charge in [-0.25, -0.2) is 0 Å². The second-order valence-corrected chi connectivity index (χ2v) is 5.77. The molecule has 1 heterocycles. The molecule has 108 valence electrons. The SMILES string of the molecule is CCc1cc2c(c(C)c1O)C(=NOC)CC1(CCC1)O2. The van der Waals surface area contributed by atoms with Crippen LogP contribution in [0.25, 0.3) is 0 Å². The van der Waals surface area contributed by atoms with Crippen molar-refractivity contribution in [1.82, 2.24) is 0 Å². The summed E-state index contributed by atoms with van der Waals surface area (Å²) in [5.41, 5.74) is 3.46. The normalized spacial score (nSPS) is 21.2. The predicted molar refractivity (Wildman–Crippen MR) is 77.6 cm³/mol. The maximum Gasteiger partial charge on any atom is 0.130 e.